The van der Waals surface area contributed by atoms with E-state index in [1.807, 2.05) is 28.0 Å². The number of amides is 2. The number of anilines is 2. The first-order chi connectivity index (χ1) is 14.6. The quantitative estimate of drug-likeness (QED) is 0.694. The minimum atomic E-state index is -0.247. The Morgan fingerprint density at radius 3 is 2.60 bits per heavy atom. The van der Waals surface area contributed by atoms with Crippen molar-refractivity contribution in [1.29, 1.82) is 0 Å². The van der Waals surface area contributed by atoms with Crippen LogP contribution in [0.5, 0.6) is 0 Å². The van der Waals surface area contributed by atoms with Gasteiger partial charge in [-0.3, -0.25) is 9.59 Å². The summed E-state index contributed by atoms with van der Waals surface area (Å²) in [5, 5.41) is 0. The Kier molecular flexibility index (Phi) is 5.23. The van der Waals surface area contributed by atoms with Crippen LogP contribution in [-0.2, 0) is 22.4 Å². The molecule has 2 fully saturated rings. The predicted molar refractivity (Wildman–Crippen MR) is 120 cm³/mol. The number of nitrogens with zero attached hydrogens (tertiary/aromatic N) is 4. The molecule has 0 radical (unpaired) electrons. The van der Waals surface area contributed by atoms with Gasteiger partial charge in [0.15, 0.2) is 0 Å². The van der Waals surface area contributed by atoms with E-state index < -0.39 is 0 Å². The van der Waals surface area contributed by atoms with Gasteiger partial charge in [0.05, 0.1) is 5.92 Å². The molecule has 30 heavy (non-hydrogen) atoms. The first-order valence-corrected chi connectivity index (χ1v) is 11.5. The summed E-state index contributed by atoms with van der Waals surface area (Å²) in [4.78, 5) is 36.2. The van der Waals surface area contributed by atoms with Crippen molar-refractivity contribution < 1.29 is 9.59 Å². The lowest BCUT2D eigenvalue weighted by Crippen LogP contribution is -2.51. The molecule has 2 amide bonds. The third-order valence-corrected chi connectivity index (χ3v) is 6.96. The summed E-state index contributed by atoms with van der Waals surface area (Å²) in [6, 6.07) is 10.3. The van der Waals surface area contributed by atoms with Crippen molar-refractivity contribution in [2.45, 2.75) is 25.7 Å². The molecule has 1 atom stereocenters. The van der Waals surface area contributed by atoms with E-state index in [9.17, 15) is 9.59 Å². The van der Waals surface area contributed by atoms with Gasteiger partial charge < -0.3 is 14.7 Å². The number of rotatable bonds is 3. The summed E-state index contributed by atoms with van der Waals surface area (Å²) in [5.74, 6) is 0.853. The number of fused-ring (bicyclic) bond motifs is 1. The van der Waals surface area contributed by atoms with Crippen LogP contribution in [-0.4, -0.2) is 54.4 Å². The SMILES string of the molecule is O=C(C1CC(=O)N(c2ccc3c(c2)CCC3)C1)N1CCN(c2ccc(Br)cn2)CC1. The van der Waals surface area contributed by atoms with Crippen LogP contribution in [0.4, 0.5) is 11.5 Å². The number of carbonyl (C=O) groups is 2. The number of pyridine rings is 1. The summed E-state index contributed by atoms with van der Waals surface area (Å²) >= 11 is 3.41. The molecule has 3 heterocycles. The van der Waals surface area contributed by atoms with Gasteiger partial charge in [-0.1, -0.05) is 6.07 Å². The van der Waals surface area contributed by atoms with E-state index in [0.29, 0.717) is 26.1 Å². The minimum Gasteiger partial charge on any atom is -0.353 e. The van der Waals surface area contributed by atoms with Gasteiger partial charge in [0.25, 0.3) is 0 Å². The largest absolute Gasteiger partial charge is 0.353 e. The molecule has 0 N–H and O–H groups in total. The zero-order valence-electron chi connectivity index (χ0n) is 16.9. The molecule has 2 saturated heterocycles. The van der Waals surface area contributed by atoms with Gasteiger partial charge >= 0.3 is 0 Å². The molecular weight excluding hydrogens is 444 g/mol. The molecule has 2 aliphatic heterocycles. The number of benzene rings is 1. The van der Waals surface area contributed by atoms with Gasteiger partial charge in [-0.05, 0) is 70.6 Å². The second-order valence-electron chi connectivity index (χ2n) is 8.36. The maximum atomic E-state index is 13.1. The average Bonchev–Trinajstić information content (AvgIpc) is 3.40. The Morgan fingerprint density at radius 1 is 1.03 bits per heavy atom. The van der Waals surface area contributed by atoms with E-state index in [4.69, 9.17) is 0 Å². The number of hydrogen-bond acceptors (Lipinski definition) is 4. The second-order valence-corrected chi connectivity index (χ2v) is 9.27. The summed E-state index contributed by atoms with van der Waals surface area (Å²) in [5.41, 5.74) is 3.70. The molecule has 6 nitrogen and oxygen atoms in total. The van der Waals surface area contributed by atoms with E-state index in [1.165, 1.54) is 17.5 Å². The van der Waals surface area contributed by atoms with Gasteiger partial charge in [-0.15, -0.1) is 0 Å². The molecule has 7 heteroatoms. The van der Waals surface area contributed by atoms with Crippen LogP contribution in [0.3, 0.4) is 0 Å². The van der Waals surface area contributed by atoms with Crippen molar-refractivity contribution in [3.8, 4) is 0 Å². The van der Waals surface area contributed by atoms with Crippen molar-refractivity contribution in [1.82, 2.24) is 9.88 Å². The monoisotopic (exact) mass is 468 g/mol. The molecule has 1 aliphatic carbocycles. The molecule has 1 aromatic carbocycles. The summed E-state index contributed by atoms with van der Waals surface area (Å²) in [6.45, 7) is 3.34. The molecule has 0 spiro atoms. The first kappa shape index (κ1) is 19.5. The summed E-state index contributed by atoms with van der Waals surface area (Å²) in [7, 11) is 0. The minimum absolute atomic E-state index is 0.0593. The first-order valence-electron chi connectivity index (χ1n) is 10.7. The second kappa shape index (κ2) is 8.02. The molecule has 3 aliphatic rings. The number of halogens is 1. The van der Waals surface area contributed by atoms with Crippen LogP contribution in [0, 0.1) is 5.92 Å². The zero-order chi connectivity index (χ0) is 20.7. The topological polar surface area (TPSA) is 56.8 Å². The highest BCUT2D eigenvalue weighted by Crippen LogP contribution is 2.31. The van der Waals surface area contributed by atoms with Crippen LogP contribution in [0.15, 0.2) is 41.0 Å². The van der Waals surface area contributed by atoms with Crippen LogP contribution in [0.25, 0.3) is 0 Å². The van der Waals surface area contributed by atoms with Gasteiger partial charge in [0.2, 0.25) is 11.8 Å². The zero-order valence-corrected chi connectivity index (χ0v) is 18.5. The van der Waals surface area contributed by atoms with Crippen LogP contribution >= 0.6 is 15.9 Å². The van der Waals surface area contributed by atoms with Gasteiger partial charge in [0.1, 0.15) is 5.82 Å². The molecule has 2 aromatic rings. The lowest BCUT2D eigenvalue weighted by atomic mass is 10.1. The van der Waals surface area contributed by atoms with Crippen molar-refractivity contribution in [2.24, 2.45) is 5.92 Å². The van der Waals surface area contributed by atoms with Crippen molar-refractivity contribution in [3.05, 3.63) is 52.1 Å². The molecule has 1 aromatic heterocycles. The van der Waals surface area contributed by atoms with Gasteiger partial charge in [-0.25, -0.2) is 4.98 Å². The van der Waals surface area contributed by atoms with Crippen LogP contribution in [0.2, 0.25) is 0 Å². The maximum absolute atomic E-state index is 13.1. The molecule has 1 unspecified atom stereocenters. The van der Waals surface area contributed by atoms with E-state index in [2.05, 4.69) is 37.9 Å². The number of piperazine rings is 1. The number of aryl methyl sites for hydroxylation is 2. The van der Waals surface area contributed by atoms with Gasteiger partial charge in [0, 0.05) is 55.5 Å². The van der Waals surface area contributed by atoms with E-state index in [0.717, 1.165) is 41.9 Å². The third kappa shape index (κ3) is 3.71. The Hall–Kier alpha value is -2.41. The smallest absolute Gasteiger partial charge is 0.228 e. The molecule has 156 valence electrons. The van der Waals surface area contributed by atoms with Crippen molar-refractivity contribution >= 4 is 39.2 Å². The molecule has 0 bridgehead atoms. The van der Waals surface area contributed by atoms with Crippen molar-refractivity contribution in [2.75, 3.05) is 42.5 Å². The fraction of sp³-hybridized carbons (Fsp3) is 0.435. The lowest BCUT2D eigenvalue weighted by Gasteiger charge is -2.36. The van der Waals surface area contributed by atoms with E-state index in [-0.39, 0.29) is 17.7 Å². The number of carbonyl (C=O) groups excluding carboxylic acids is 2. The molecule has 0 saturated carbocycles. The fourth-order valence-corrected chi connectivity index (χ4v) is 5.05. The van der Waals surface area contributed by atoms with Crippen LogP contribution < -0.4 is 9.80 Å². The average molecular weight is 469 g/mol. The standard InChI is InChI=1S/C23H25BrN4O2/c24-19-5-7-21(25-14-19)26-8-10-27(11-9-26)23(30)18-13-22(29)28(15-18)20-6-4-16-2-1-3-17(16)12-20/h4-7,12,14,18H,1-3,8-11,13,15H2. The van der Waals surface area contributed by atoms with Gasteiger partial charge in [-0.2, -0.15) is 0 Å². The summed E-state index contributed by atoms with van der Waals surface area (Å²) < 4.78 is 0.957. The van der Waals surface area contributed by atoms with Crippen LogP contribution in [0.1, 0.15) is 24.0 Å². The lowest BCUT2D eigenvalue weighted by molar-refractivity contribution is -0.136. The van der Waals surface area contributed by atoms with E-state index >= 15 is 0 Å². The molecular formula is C23H25BrN4O2. The highest BCUT2D eigenvalue weighted by atomic mass is 79.9. The molecule has 5 rings (SSSR count). The number of aromatic nitrogens is 1. The highest BCUT2D eigenvalue weighted by molar-refractivity contribution is 9.10. The Bertz CT molecular complexity index is 970. The summed E-state index contributed by atoms with van der Waals surface area (Å²) in [6.07, 6.45) is 5.52. The predicted octanol–water partition coefficient (Wildman–Crippen LogP) is 3.03. The normalized spacial score (nSPS) is 21.3. The number of hydrogen-bond donors (Lipinski definition) is 0. The highest BCUT2D eigenvalue weighted by Gasteiger charge is 2.38. The fourth-order valence-electron chi connectivity index (χ4n) is 4.82. The Morgan fingerprint density at radius 2 is 1.83 bits per heavy atom. The maximum Gasteiger partial charge on any atom is 0.228 e. The Balaban J connectivity index is 1.21. The van der Waals surface area contributed by atoms with E-state index in [1.54, 1.807) is 6.20 Å². The Labute approximate surface area is 185 Å². The third-order valence-electron chi connectivity index (χ3n) is 6.50. The van der Waals surface area contributed by atoms with Crippen molar-refractivity contribution in [3.63, 3.8) is 0 Å².